The highest BCUT2D eigenvalue weighted by molar-refractivity contribution is 7.92. The van der Waals surface area contributed by atoms with Gasteiger partial charge in [0.1, 0.15) is 0 Å². The van der Waals surface area contributed by atoms with Crippen molar-refractivity contribution in [3.8, 4) is 0 Å². The van der Waals surface area contributed by atoms with Crippen LogP contribution in [0, 0.1) is 5.92 Å². The van der Waals surface area contributed by atoms with Crippen LogP contribution in [0.4, 0.5) is 0 Å². The van der Waals surface area contributed by atoms with Crippen molar-refractivity contribution < 1.29 is 8.42 Å². The maximum Gasteiger partial charge on any atom is 0.155 e. The Morgan fingerprint density at radius 2 is 1.92 bits per heavy atom. The van der Waals surface area contributed by atoms with Crippen LogP contribution in [0.1, 0.15) is 19.8 Å². The molecule has 4 heteroatoms. The number of hydrogen-bond donors (Lipinski definition) is 0. The summed E-state index contributed by atoms with van der Waals surface area (Å²) in [6, 6.07) is 0. The van der Waals surface area contributed by atoms with Crippen LogP contribution in [-0.4, -0.2) is 44.0 Å². The first-order valence-corrected chi connectivity index (χ1v) is 6.77. The molecule has 0 aromatic heterocycles. The molecule has 0 spiro atoms. The molecule has 0 amide bonds. The molecule has 0 N–H and O–H groups in total. The van der Waals surface area contributed by atoms with Crippen LogP contribution >= 0.6 is 0 Å². The van der Waals surface area contributed by atoms with E-state index >= 15 is 0 Å². The minimum atomic E-state index is -2.74. The molecule has 0 aromatic rings. The van der Waals surface area contributed by atoms with E-state index in [-0.39, 0.29) is 5.25 Å². The quantitative estimate of drug-likeness (QED) is 0.668. The second-order valence-corrected chi connectivity index (χ2v) is 6.57. The van der Waals surface area contributed by atoms with E-state index in [0.717, 1.165) is 32.5 Å². The van der Waals surface area contributed by atoms with Gasteiger partial charge in [0.25, 0.3) is 0 Å². The summed E-state index contributed by atoms with van der Waals surface area (Å²) < 4.78 is 23.4. The molecule has 0 bridgehead atoms. The van der Waals surface area contributed by atoms with E-state index < -0.39 is 9.84 Å². The summed E-state index contributed by atoms with van der Waals surface area (Å²) in [5.41, 5.74) is 0. The van der Waals surface area contributed by atoms with E-state index in [1.165, 1.54) is 0 Å². The summed E-state index contributed by atoms with van der Waals surface area (Å²) in [5, 5.41) is -0.0481. The fourth-order valence-corrected chi connectivity index (χ4v) is 3.90. The van der Waals surface area contributed by atoms with Crippen molar-refractivity contribution in [2.75, 3.05) is 25.4 Å². The molecule has 2 aliphatic rings. The lowest BCUT2D eigenvalue weighted by atomic mass is 10.2. The van der Waals surface area contributed by atoms with Gasteiger partial charge in [-0.05, 0) is 25.3 Å². The van der Waals surface area contributed by atoms with Crippen molar-refractivity contribution in [1.82, 2.24) is 4.90 Å². The lowest BCUT2D eigenvalue weighted by Crippen LogP contribution is -2.54. The highest BCUT2D eigenvalue weighted by atomic mass is 32.2. The summed E-state index contributed by atoms with van der Waals surface area (Å²) in [7, 11) is -2.74. The molecular weight excluding hydrogens is 186 g/mol. The first-order chi connectivity index (χ1) is 6.12. The van der Waals surface area contributed by atoms with Gasteiger partial charge in [-0.2, -0.15) is 0 Å². The molecule has 2 rings (SSSR count). The van der Waals surface area contributed by atoms with Crippen LogP contribution in [0.15, 0.2) is 0 Å². The molecule has 1 saturated carbocycles. The van der Waals surface area contributed by atoms with Crippen molar-refractivity contribution in [2.45, 2.75) is 25.0 Å². The molecule has 0 atom stereocenters. The van der Waals surface area contributed by atoms with E-state index in [2.05, 4.69) is 11.8 Å². The van der Waals surface area contributed by atoms with Crippen molar-refractivity contribution >= 4 is 9.84 Å². The Labute approximate surface area is 80.0 Å². The minimum absolute atomic E-state index is 0.0481. The summed E-state index contributed by atoms with van der Waals surface area (Å²) in [5.74, 6) is 0.954. The first kappa shape index (κ1) is 9.46. The second-order valence-electron chi connectivity index (χ2n) is 4.25. The van der Waals surface area contributed by atoms with Crippen LogP contribution in [0.3, 0.4) is 0 Å². The average Bonchev–Trinajstić information content (AvgIpc) is 2.67. The van der Waals surface area contributed by atoms with E-state index in [1.807, 2.05) is 0 Å². The fraction of sp³-hybridized carbons (Fsp3) is 1.00. The molecule has 0 radical (unpaired) electrons. The fourth-order valence-electron chi connectivity index (χ4n) is 1.76. The third kappa shape index (κ3) is 2.05. The van der Waals surface area contributed by atoms with Crippen LogP contribution in [0.25, 0.3) is 0 Å². The van der Waals surface area contributed by atoms with Gasteiger partial charge in [0, 0.05) is 13.1 Å². The van der Waals surface area contributed by atoms with E-state index in [4.69, 9.17) is 0 Å². The molecule has 1 aliphatic heterocycles. The molecule has 3 nitrogen and oxygen atoms in total. The lowest BCUT2D eigenvalue weighted by molar-refractivity contribution is 0.195. The van der Waals surface area contributed by atoms with E-state index in [0.29, 0.717) is 11.7 Å². The van der Waals surface area contributed by atoms with Gasteiger partial charge < -0.3 is 4.90 Å². The van der Waals surface area contributed by atoms with Gasteiger partial charge in [0.15, 0.2) is 9.84 Å². The predicted octanol–water partition coefficient (Wildman–Crippen LogP) is 0.515. The molecule has 1 aliphatic carbocycles. The van der Waals surface area contributed by atoms with E-state index in [9.17, 15) is 8.42 Å². The average molecular weight is 203 g/mol. The third-order valence-corrected chi connectivity index (χ3v) is 5.29. The Morgan fingerprint density at radius 1 is 1.31 bits per heavy atom. The van der Waals surface area contributed by atoms with Crippen molar-refractivity contribution in [3.05, 3.63) is 0 Å². The van der Waals surface area contributed by atoms with Crippen LogP contribution < -0.4 is 0 Å². The Kier molecular flexibility index (Phi) is 2.36. The number of nitrogens with zero attached hydrogens (tertiary/aromatic N) is 1. The van der Waals surface area contributed by atoms with Crippen LogP contribution in [-0.2, 0) is 9.84 Å². The van der Waals surface area contributed by atoms with Gasteiger partial charge in [0.2, 0.25) is 0 Å². The molecular formula is C9H17NO2S. The van der Waals surface area contributed by atoms with Crippen LogP contribution in [0.5, 0.6) is 0 Å². The van der Waals surface area contributed by atoms with E-state index in [1.54, 1.807) is 0 Å². The minimum Gasteiger partial charge on any atom is -0.301 e. The largest absolute Gasteiger partial charge is 0.301 e. The van der Waals surface area contributed by atoms with Crippen molar-refractivity contribution in [3.63, 3.8) is 0 Å². The monoisotopic (exact) mass is 203 g/mol. The summed E-state index contributed by atoms with van der Waals surface area (Å²) in [6.07, 6.45) is 2.26. The Hall–Kier alpha value is -0.0900. The standard InChI is InChI=1S/C9H17NO2S/c1-2-10-5-9(6-10)13(11,12)7-8-3-4-8/h8-9H,2-7H2,1H3. The molecule has 1 saturated heterocycles. The highest BCUT2D eigenvalue weighted by Crippen LogP contribution is 2.32. The lowest BCUT2D eigenvalue weighted by Gasteiger charge is -2.37. The SMILES string of the molecule is CCN1CC(S(=O)(=O)CC2CC2)C1. The molecule has 2 fully saturated rings. The maximum absolute atomic E-state index is 11.7. The normalized spacial score (nSPS) is 25.9. The van der Waals surface area contributed by atoms with Crippen molar-refractivity contribution in [1.29, 1.82) is 0 Å². The molecule has 0 unspecified atom stereocenters. The van der Waals surface area contributed by atoms with Gasteiger partial charge in [0.05, 0.1) is 11.0 Å². The van der Waals surface area contributed by atoms with Crippen molar-refractivity contribution in [2.24, 2.45) is 5.92 Å². The Morgan fingerprint density at radius 3 is 2.38 bits per heavy atom. The maximum atomic E-state index is 11.7. The second kappa shape index (κ2) is 3.24. The Bertz CT molecular complexity index is 276. The Balaban J connectivity index is 1.85. The zero-order chi connectivity index (χ0) is 9.47. The zero-order valence-electron chi connectivity index (χ0n) is 8.07. The zero-order valence-corrected chi connectivity index (χ0v) is 8.89. The summed E-state index contributed by atoms with van der Waals surface area (Å²) in [6.45, 7) is 4.59. The predicted molar refractivity (Wildman–Crippen MR) is 52.4 cm³/mol. The number of sulfone groups is 1. The third-order valence-electron chi connectivity index (χ3n) is 3.04. The topological polar surface area (TPSA) is 37.4 Å². The first-order valence-electron chi connectivity index (χ1n) is 5.05. The van der Waals surface area contributed by atoms with Gasteiger partial charge in [-0.3, -0.25) is 0 Å². The van der Waals surface area contributed by atoms with Gasteiger partial charge in [-0.1, -0.05) is 6.92 Å². The molecule has 13 heavy (non-hydrogen) atoms. The highest BCUT2D eigenvalue weighted by Gasteiger charge is 2.39. The van der Waals surface area contributed by atoms with Gasteiger partial charge in [-0.25, -0.2) is 8.42 Å². The molecule has 0 aromatic carbocycles. The number of likely N-dealkylation sites (tertiary alicyclic amines) is 1. The number of rotatable bonds is 4. The van der Waals surface area contributed by atoms with Gasteiger partial charge in [-0.15, -0.1) is 0 Å². The van der Waals surface area contributed by atoms with Gasteiger partial charge >= 0.3 is 0 Å². The number of hydrogen-bond acceptors (Lipinski definition) is 3. The molecule has 76 valence electrons. The molecule has 1 heterocycles. The van der Waals surface area contributed by atoms with Crippen LogP contribution in [0.2, 0.25) is 0 Å². The smallest absolute Gasteiger partial charge is 0.155 e. The summed E-state index contributed by atoms with van der Waals surface area (Å²) >= 11 is 0. The summed E-state index contributed by atoms with van der Waals surface area (Å²) in [4.78, 5) is 2.18.